The average Bonchev–Trinajstić information content (AvgIpc) is 2.11. The number of rotatable bonds is 2. The summed E-state index contributed by atoms with van der Waals surface area (Å²) in [6, 6.07) is 0.842. The molecule has 0 aromatic heterocycles. The van der Waals surface area contributed by atoms with Gasteiger partial charge in [0.25, 0.3) is 0 Å². The molecule has 1 N–H and O–H groups in total. The Morgan fingerprint density at radius 3 is 2.27 bits per heavy atom. The smallest absolute Gasteiger partial charge is 0.0351 e. The minimum absolute atomic E-state index is 0.453. The fourth-order valence-electron chi connectivity index (χ4n) is 2.62. The number of nitrogens with zero attached hydrogens (tertiary/aromatic N) is 2. The van der Waals surface area contributed by atoms with Crippen molar-refractivity contribution in [1.82, 2.24) is 15.1 Å². The van der Waals surface area contributed by atoms with E-state index in [4.69, 9.17) is 0 Å². The lowest BCUT2D eigenvalue weighted by molar-refractivity contribution is 0.00906. The zero-order valence-electron chi connectivity index (χ0n) is 10.4. The number of nitrogens with one attached hydrogen (secondary N) is 1. The summed E-state index contributed by atoms with van der Waals surface area (Å²) in [5.41, 5.74) is 0.453. The van der Waals surface area contributed by atoms with Gasteiger partial charge in [0.15, 0.2) is 0 Å². The van der Waals surface area contributed by atoms with Gasteiger partial charge in [-0.15, -0.1) is 0 Å². The first-order chi connectivity index (χ1) is 7.04. The summed E-state index contributed by atoms with van der Waals surface area (Å²) in [6.45, 7) is 15.6. The highest BCUT2D eigenvalue weighted by Gasteiger charge is 2.33. The van der Waals surface area contributed by atoms with Crippen molar-refractivity contribution >= 4 is 0 Å². The zero-order chi connectivity index (χ0) is 10.9. The second-order valence-electron chi connectivity index (χ2n) is 6.19. The first-order valence-corrected chi connectivity index (χ1v) is 6.22. The van der Waals surface area contributed by atoms with E-state index in [9.17, 15) is 0 Å². The van der Waals surface area contributed by atoms with Gasteiger partial charge in [-0.2, -0.15) is 0 Å². The molecule has 2 heterocycles. The average molecular weight is 211 g/mol. The summed E-state index contributed by atoms with van der Waals surface area (Å²) < 4.78 is 0. The van der Waals surface area contributed by atoms with Crippen molar-refractivity contribution in [2.45, 2.75) is 26.8 Å². The highest BCUT2D eigenvalue weighted by Crippen LogP contribution is 2.22. The molecule has 0 aromatic carbocycles. The van der Waals surface area contributed by atoms with Crippen molar-refractivity contribution in [2.75, 3.05) is 45.8 Å². The Labute approximate surface area is 93.8 Å². The molecule has 0 saturated carbocycles. The fourth-order valence-corrected chi connectivity index (χ4v) is 2.62. The summed E-state index contributed by atoms with van der Waals surface area (Å²) in [4.78, 5) is 5.24. The molecule has 15 heavy (non-hydrogen) atoms. The van der Waals surface area contributed by atoms with Crippen LogP contribution >= 0.6 is 0 Å². The van der Waals surface area contributed by atoms with Gasteiger partial charge in [-0.05, 0) is 5.41 Å². The van der Waals surface area contributed by atoms with Crippen LogP contribution in [0.15, 0.2) is 0 Å². The molecule has 2 aliphatic heterocycles. The van der Waals surface area contributed by atoms with E-state index in [-0.39, 0.29) is 0 Å². The maximum atomic E-state index is 3.41. The lowest BCUT2D eigenvalue weighted by atomic mass is 9.93. The SMILES string of the molecule is CC(C)(C)CN1CC(N2CCNCC2)C1. The Kier molecular flexibility index (Phi) is 3.33. The van der Waals surface area contributed by atoms with Gasteiger partial charge >= 0.3 is 0 Å². The quantitative estimate of drug-likeness (QED) is 0.722. The van der Waals surface area contributed by atoms with Crippen molar-refractivity contribution in [3.05, 3.63) is 0 Å². The molecule has 0 aliphatic carbocycles. The van der Waals surface area contributed by atoms with Gasteiger partial charge in [0.2, 0.25) is 0 Å². The molecule has 3 heteroatoms. The maximum absolute atomic E-state index is 3.41. The summed E-state index contributed by atoms with van der Waals surface area (Å²) in [5, 5.41) is 3.41. The van der Waals surface area contributed by atoms with E-state index in [1.54, 1.807) is 0 Å². The molecule has 3 nitrogen and oxygen atoms in total. The number of likely N-dealkylation sites (tertiary alicyclic amines) is 1. The van der Waals surface area contributed by atoms with E-state index in [0.29, 0.717) is 5.41 Å². The van der Waals surface area contributed by atoms with Gasteiger partial charge in [0.1, 0.15) is 0 Å². The molecule has 2 rings (SSSR count). The minimum Gasteiger partial charge on any atom is -0.314 e. The van der Waals surface area contributed by atoms with Crippen LogP contribution in [0.2, 0.25) is 0 Å². The number of hydrogen-bond donors (Lipinski definition) is 1. The Morgan fingerprint density at radius 1 is 1.13 bits per heavy atom. The Morgan fingerprint density at radius 2 is 1.73 bits per heavy atom. The van der Waals surface area contributed by atoms with Crippen LogP contribution in [0.5, 0.6) is 0 Å². The molecule has 0 amide bonds. The van der Waals surface area contributed by atoms with E-state index in [1.165, 1.54) is 45.8 Å². The predicted molar refractivity (Wildman–Crippen MR) is 64.1 cm³/mol. The van der Waals surface area contributed by atoms with Gasteiger partial charge in [0.05, 0.1) is 0 Å². The van der Waals surface area contributed by atoms with E-state index >= 15 is 0 Å². The summed E-state index contributed by atoms with van der Waals surface area (Å²) in [6.07, 6.45) is 0. The minimum atomic E-state index is 0.453. The van der Waals surface area contributed by atoms with Crippen LogP contribution in [0.4, 0.5) is 0 Å². The van der Waals surface area contributed by atoms with Crippen LogP contribution in [0.1, 0.15) is 20.8 Å². The van der Waals surface area contributed by atoms with Crippen LogP contribution in [0.25, 0.3) is 0 Å². The van der Waals surface area contributed by atoms with E-state index in [0.717, 1.165) is 6.04 Å². The first-order valence-electron chi connectivity index (χ1n) is 6.22. The summed E-state index contributed by atoms with van der Waals surface area (Å²) >= 11 is 0. The fraction of sp³-hybridized carbons (Fsp3) is 1.00. The molecule has 0 aromatic rings. The monoisotopic (exact) mass is 211 g/mol. The molecule has 2 aliphatic rings. The highest BCUT2D eigenvalue weighted by atomic mass is 15.3. The van der Waals surface area contributed by atoms with Crippen LogP contribution in [-0.4, -0.2) is 61.7 Å². The standard InChI is InChI=1S/C12H25N3/c1-12(2,3)10-14-8-11(9-14)15-6-4-13-5-7-15/h11,13H,4-10H2,1-3H3. The number of hydrogen-bond acceptors (Lipinski definition) is 3. The Balaban J connectivity index is 1.68. The molecular formula is C12H25N3. The number of piperazine rings is 1. The van der Waals surface area contributed by atoms with E-state index in [2.05, 4.69) is 35.9 Å². The van der Waals surface area contributed by atoms with Gasteiger partial charge in [-0.3, -0.25) is 9.80 Å². The predicted octanol–water partition coefficient (Wildman–Crippen LogP) is 0.622. The normalized spacial score (nSPS) is 26.6. The van der Waals surface area contributed by atoms with Crippen LogP contribution in [0.3, 0.4) is 0 Å². The van der Waals surface area contributed by atoms with E-state index in [1.807, 2.05) is 0 Å². The molecule has 2 saturated heterocycles. The first kappa shape index (κ1) is 11.4. The van der Waals surface area contributed by atoms with Crippen LogP contribution < -0.4 is 5.32 Å². The van der Waals surface area contributed by atoms with Crippen LogP contribution in [0, 0.1) is 5.41 Å². The van der Waals surface area contributed by atoms with Gasteiger partial charge < -0.3 is 5.32 Å². The molecule has 0 atom stereocenters. The molecule has 88 valence electrons. The van der Waals surface area contributed by atoms with Crippen LogP contribution in [-0.2, 0) is 0 Å². The van der Waals surface area contributed by atoms with Crippen molar-refractivity contribution in [3.8, 4) is 0 Å². The molecule has 0 radical (unpaired) electrons. The van der Waals surface area contributed by atoms with Gasteiger partial charge in [-0.25, -0.2) is 0 Å². The zero-order valence-corrected chi connectivity index (χ0v) is 10.4. The Hall–Kier alpha value is -0.120. The molecule has 0 unspecified atom stereocenters. The largest absolute Gasteiger partial charge is 0.314 e. The highest BCUT2D eigenvalue weighted by molar-refractivity contribution is 4.91. The molecule has 0 spiro atoms. The van der Waals surface area contributed by atoms with Crippen molar-refractivity contribution in [2.24, 2.45) is 5.41 Å². The Bertz CT molecular complexity index is 197. The third kappa shape index (κ3) is 3.16. The lowest BCUT2D eigenvalue weighted by Crippen LogP contribution is -2.63. The molecule has 2 fully saturated rings. The lowest BCUT2D eigenvalue weighted by Gasteiger charge is -2.48. The van der Waals surface area contributed by atoms with Gasteiger partial charge in [-0.1, -0.05) is 20.8 Å². The third-order valence-electron chi connectivity index (χ3n) is 3.30. The van der Waals surface area contributed by atoms with Crippen molar-refractivity contribution < 1.29 is 0 Å². The van der Waals surface area contributed by atoms with Gasteiger partial charge in [0, 0.05) is 51.9 Å². The third-order valence-corrected chi connectivity index (χ3v) is 3.30. The van der Waals surface area contributed by atoms with E-state index < -0.39 is 0 Å². The topological polar surface area (TPSA) is 18.5 Å². The summed E-state index contributed by atoms with van der Waals surface area (Å²) in [5.74, 6) is 0. The molecular weight excluding hydrogens is 186 g/mol. The second-order valence-corrected chi connectivity index (χ2v) is 6.19. The summed E-state index contributed by atoms with van der Waals surface area (Å²) in [7, 11) is 0. The van der Waals surface area contributed by atoms with Crippen molar-refractivity contribution in [1.29, 1.82) is 0 Å². The molecule has 0 bridgehead atoms. The van der Waals surface area contributed by atoms with Crippen molar-refractivity contribution in [3.63, 3.8) is 0 Å². The maximum Gasteiger partial charge on any atom is 0.0351 e. The second kappa shape index (κ2) is 4.40.